The molecular formula is C23H23N3O4. The molecule has 3 aromatic rings. The van der Waals surface area contributed by atoms with Gasteiger partial charge in [0.05, 0.1) is 6.54 Å². The normalized spacial score (nSPS) is 16.1. The Morgan fingerprint density at radius 1 is 1.03 bits per heavy atom. The van der Waals surface area contributed by atoms with Crippen molar-refractivity contribution >= 4 is 22.7 Å². The molecule has 1 fully saturated rings. The van der Waals surface area contributed by atoms with Crippen molar-refractivity contribution in [3.05, 3.63) is 59.8 Å². The number of aromatic amines is 1. The molecule has 2 N–H and O–H groups in total. The first-order chi connectivity index (χ1) is 14.7. The van der Waals surface area contributed by atoms with Crippen LogP contribution in [0.3, 0.4) is 0 Å². The molecule has 154 valence electrons. The Kier molecular flexibility index (Phi) is 4.78. The molecule has 5 rings (SSSR count). The number of carbonyl (C=O) groups excluding carboxylic acids is 2. The third kappa shape index (κ3) is 3.58. The van der Waals surface area contributed by atoms with Crippen LogP contribution < -0.4 is 14.8 Å². The second-order valence-electron chi connectivity index (χ2n) is 7.72. The summed E-state index contributed by atoms with van der Waals surface area (Å²) < 4.78 is 10.5. The van der Waals surface area contributed by atoms with Crippen LogP contribution in [0, 0.1) is 0 Å². The van der Waals surface area contributed by atoms with Crippen LogP contribution in [0.4, 0.5) is 0 Å². The summed E-state index contributed by atoms with van der Waals surface area (Å²) in [5.41, 5.74) is 2.83. The van der Waals surface area contributed by atoms with Crippen LogP contribution >= 0.6 is 0 Å². The topological polar surface area (TPSA) is 83.7 Å². The van der Waals surface area contributed by atoms with E-state index in [4.69, 9.17) is 9.47 Å². The van der Waals surface area contributed by atoms with Gasteiger partial charge in [-0.3, -0.25) is 9.59 Å². The molecule has 0 aliphatic carbocycles. The maximum atomic E-state index is 12.6. The van der Waals surface area contributed by atoms with Crippen LogP contribution in [0.1, 0.15) is 34.8 Å². The number of nitrogens with one attached hydrogen (secondary N) is 2. The predicted molar refractivity (Wildman–Crippen MR) is 112 cm³/mol. The molecule has 2 aliphatic heterocycles. The summed E-state index contributed by atoms with van der Waals surface area (Å²) >= 11 is 0. The summed E-state index contributed by atoms with van der Waals surface area (Å²) in [5.74, 6) is 1.24. The van der Waals surface area contributed by atoms with Crippen LogP contribution in [0.5, 0.6) is 11.5 Å². The minimum Gasteiger partial charge on any atom is -0.454 e. The number of ether oxygens (including phenoxy) is 2. The first kappa shape index (κ1) is 18.5. The van der Waals surface area contributed by atoms with E-state index in [0.717, 1.165) is 18.4 Å². The maximum absolute atomic E-state index is 12.6. The van der Waals surface area contributed by atoms with Gasteiger partial charge in [-0.15, -0.1) is 0 Å². The molecular weight excluding hydrogens is 382 g/mol. The number of carbonyl (C=O) groups is 2. The van der Waals surface area contributed by atoms with Crippen molar-refractivity contribution in [3.8, 4) is 11.5 Å². The van der Waals surface area contributed by atoms with Gasteiger partial charge < -0.3 is 24.7 Å². The van der Waals surface area contributed by atoms with Crippen molar-refractivity contribution in [1.82, 2.24) is 15.2 Å². The number of H-pyrrole nitrogens is 1. The first-order valence-electron chi connectivity index (χ1n) is 10.2. The van der Waals surface area contributed by atoms with Gasteiger partial charge in [-0.25, -0.2) is 0 Å². The summed E-state index contributed by atoms with van der Waals surface area (Å²) in [6, 6.07) is 15.5. The predicted octanol–water partition coefficient (Wildman–Crippen LogP) is 3.03. The molecule has 0 radical (unpaired) electrons. The Balaban J connectivity index is 1.14. The third-order valence-electron chi connectivity index (χ3n) is 5.87. The lowest BCUT2D eigenvalue weighted by Crippen LogP contribution is -2.43. The quantitative estimate of drug-likeness (QED) is 0.699. The van der Waals surface area contributed by atoms with Gasteiger partial charge in [-0.05, 0) is 48.6 Å². The molecule has 2 aromatic carbocycles. The molecule has 0 bridgehead atoms. The van der Waals surface area contributed by atoms with Gasteiger partial charge in [0.15, 0.2) is 11.5 Å². The minimum absolute atomic E-state index is 0.00959. The van der Waals surface area contributed by atoms with Gasteiger partial charge >= 0.3 is 0 Å². The number of rotatable bonds is 4. The fourth-order valence-corrected chi connectivity index (χ4v) is 4.16. The number of aromatic nitrogens is 1. The molecule has 7 nitrogen and oxygen atoms in total. The van der Waals surface area contributed by atoms with Crippen molar-refractivity contribution in [2.75, 3.05) is 26.4 Å². The number of amides is 2. The number of hydrogen-bond acceptors (Lipinski definition) is 4. The number of piperidine rings is 1. The minimum atomic E-state index is -0.297. The third-order valence-corrected chi connectivity index (χ3v) is 5.87. The molecule has 2 amide bonds. The summed E-state index contributed by atoms with van der Waals surface area (Å²) in [4.78, 5) is 30.3. The highest BCUT2D eigenvalue weighted by atomic mass is 16.7. The van der Waals surface area contributed by atoms with E-state index in [-0.39, 0.29) is 25.2 Å². The second-order valence-corrected chi connectivity index (χ2v) is 7.72. The molecule has 0 atom stereocenters. The van der Waals surface area contributed by atoms with Gasteiger partial charge in [-0.1, -0.05) is 18.2 Å². The largest absolute Gasteiger partial charge is 0.454 e. The van der Waals surface area contributed by atoms with Crippen LogP contribution in [0.2, 0.25) is 0 Å². The highest BCUT2D eigenvalue weighted by Crippen LogP contribution is 2.32. The number of benzene rings is 2. The standard InChI is InChI=1S/C23H23N3O4/c27-22(13-24-23(28)17-5-6-20-21(12-17)30-14-29-20)26-9-7-15(8-10-26)19-11-16-3-1-2-4-18(16)25-19/h1-6,11-12,15,25H,7-10,13-14H2,(H,24,28). The van der Waals surface area contributed by atoms with E-state index in [1.165, 1.54) is 11.1 Å². The first-order valence-corrected chi connectivity index (χ1v) is 10.2. The van der Waals surface area contributed by atoms with E-state index in [2.05, 4.69) is 28.5 Å². The van der Waals surface area contributed by atoms with E-state index < -0.39 is 0 Å². The van der Waals surface area contributed by atoms with Crippen molar-refractivity contribution in [1.29, 1.82) is 0 Å². The summed E-state index contributed by atoms with van der Waals surface area (Å²) in [7, 11) is 0. The molecule has 1 aromatic heterocycles. The summed E-state index contributed by atoms with van der Waals surface area (Å²) in [5, 5.41) is 3.93. The second kappa shape index (κ2) is 7.74. The number of para-hydroxylation sites is 1. The lowest BCUT2D eigenvalue weighted by molar-refractivity contribution is -0.131. The Labute approximate surface area is 174 Å². The van der Waals surface area contributed by atoms with Crippen LogP contribution in [0.25, 0.3) is 10.9 Å². The van der Waals surface area contributed by atoms with Crippen molar-refractivity contribution in [2.24, 2.45) is 0 Å². The average molecular weight is 405 g/mol. The van der Waals surface area contributed by atoms with Gasteiger partial charge in [0, 0.05) is 35.8 Å². The Bertz CT molecular complexity index is 1070. The number of fused-ring (bicyclic) bond motifs is 2. The fraction of sp³-hybridized carbons (Fsp3) is 0.304. The number of likely N-dealkylation sites (tertiary alicyclic amines) is 1. The maximum Gasteiger partial charge on any atom is 0.251 e. The zero-order chi connectivity index (χ0) is 20.5. The fourth-order valence-electron chi connectivity index (χ4n) is 4.16. The molecule has 0 spiro atoms. The molecule has 30 heavy (non-hydrogen) atoms. The molecule has 0 unspecified atom stereocenters. The van der Waals surface area contributed by atoms with Crippen molar-refractivity contribution in [2.45, 2.75) is 18.8 Å². The Hall–Kier alpha value is -3.48. The smallest absolute Gasteiger partial charge is 0.251 e. The van der Waals surface area contributed by atoms with Gasteiger partial charge in [-0.2, -0.15) is 0 Å². The van der Waals surface area contributed by atoms with E-state index in [9.17, 15) is 9.59 Å². The lowest BCUT2D eigenvalue weighted by atomic mass is 9.93. The molecule has 7 heteroatoms. The Morgan fingerprint density at radius 2 is 1.83 bits per heavy atom. The number of nitrogens with zero attached hydrogens (tertiary/aromatic N) is 1. The highest BCUT2D eigenvalue weighted by Gasteiger charge is 2.25. The van der Waals surface area contributed by atoms with E-state index >= 15 is 0 Å². The van der Waals surface area contributed by atoms with Crippen LogP contribution in [-0.4, -0.2) is 48.1 Å². The molecule has 3 heterocycles. The monoisotopic (exact) mass is 405 g/mol. The van der Waals surface area contributed by atoms with E-state index in [1.807, 2.05) is 17.0 Å². The average Bonchev–Trinajstić information content (AvgIpc) is 3.43. The van der Waals surface area contributed by atoms with Crippen LogP contribution in [-0.2, 0) is 4.79 Å². The lowest BCUT2D eigenvalue weighted by Gasteiger charge is -2.31. The van der Waals surface area contributed by atoms with Gasteiger partial charge in [0.25, 0.3) is 5.91 Å². The van der Waals surface area contributed by atoms with Crippen molar-refractivity contribution < 1.29 is 19.1 Å². The zero-order valence-corrected chi connectivity index (χ0v) is 16.5. The van der Waals surface area contributed by atoms with E-state index in [1.54, 1.807) is 18.2 Å². The zero-order valence-electron chi connectivity index (χ0n) is 16.5. The summed E-state index contributed by atoms with van der Waals surface area (Å²) in [6.45, 7) is 1.54. The van der Waals surface area contributed by atoms with E-state index in [0.29, 0.717) is 36.1 Å². The van der Waals surface area contributed by atoms with Crippen molar-refractivity contribution in [3.63, 3.8) is 0 Å². The molecule has 0 saturated carbocycles. The molecule has 1 saturated heterocycles. The number of hydrogen-bond donors (Lipinski definition) is 2. The highest BCUT2D eigenvalue weighted by molar-refractivity contribution is 5.97. The van der Waals surface area contributed by atoms with Crippen LogP contribution in [0.15, 0.2) is 48.5 Å². The summed E-state index contributed by atoms with van der Waals surface area (Å²) in [6.07, 6.45) is 1.82. The molecule has 2 aliphatic rings. The Morgan fingerprint density at radius 3 is 2.67 bits per heavy atom. The SMILES string of the molecule is O=C(NCC(=O)N1CCC(c2cc3ccccc3[nH]2)CC1)c1ccc2c(c1)OCO2. The van der Waals surface area contributed by atoms with Gasteiger partial charge in [0.1, 0.15) is 0 Å². The van der Waals surface area contributed by atoms with Gasteiger partial charge in [0.2, 0.25) is 12.7 Å².